The summed E-state index contributed by atoms with van der Waals surface area (Å²) in [7, 11) is 1.57. The van der Waals surface area contributed by atoms with Gasteiger partial charge in [0, 0.05) is 11.0 Å². The zero-order chi connectivity index (χ0) is 15.3. The number of hydrogen-bond acceptors (Lipinski definition) is 2. The molecule has 0 radical (unpaired) electrons. The lowest BCUT2D eigenvalue weighted by molar-refractivity contribution is 0.0934. The van der Waals surface area contributed by atoms with Gasteiger partial charge in [-0.05, 0) is 36.0 Å². The summed E-state index contributed by atoms with van der Waals surface area (Å²) in [5.74, 6) is 2.06. The monoisotopic (exact) mass is 341 g/mol. The second-order valence-corrected chi connectivity index (χ2v) is 6.62. The number of nitrogens with one attached hydrogen (secondary N) is 1. The van der Waals surface area contributed by atoms with Gasteiger partial charge >= 0.3 is 0 Å². The van der Waals surface area contributed by atoms with E-state index in [9.17, 15) is 4.79 Å². The maximum atomic E-state index is 12.3. The molecule has 0 atom stereocenters. The van der Waals surface area contributed by atoms with Crippen LogP contribution < -0.4 is 10.1 Å². The van der Waals surface area contributed by atoms with Gasteiger partial charge in [-0.1, -0.05) is 43.6 Å². The summed E-state index contributed by atoms with van der Waals surface area (Å²) in [6.45, 7) is 9.45. The Morgan fingerprint density at radius 3 is 2.35 bits per heavy atom. The maximum absolute atomic E-state index is 12.3. The first-order valence-electron chi connectivity index (χ1n) is 6.98. The average molecular weight is 342 g/mol. The summed E-state index contributed by atoms with van der Waals surface area (Å²) >= 11 is 3.37. The number of halogens is 1. The molecule has 0 aliphatic carbocycles. The SMILES string of the molecule is COc1cc(Br)ccc1C(=O)NCC(C(C)C)C(C)C. The first-order valence-corrected chi connectivity index (χ1v) is 7.77. The van der Waals surface area contributed by atoms with E-state index in [1.807, 2.05) is 6.07 Å². The van der Waals surface area contributed by atoms with Crippen LogP contribution in [0.2, 0.25) is 0 Å². The van der Waals surface area contributed by atoms with Crippen LogP contribution in [0.25, 0.3) is 0 Å². The number of ether oxygens (including phenoxy) is 1. The first kappa shape index (κ1) is 17.0. The molecule has 1 N–H and O–H groups in total. The fourth-order valence-corrected chi connectivity index (χ4v) is 2.74. The Morgan fingerprint density at radius 2 is 1.85 bits per heavy atom. The smallest absolute Gasteiger partial charge is 0.255 e. The minimum Gasteiger partial charge on any atom is -0.496 e. The van der Waals surface area contributed by atoms with E-state index in [0.29, 0.717) is 35.6 Å². The van der Waals surface area contributed by atoms with Crippen LogP contribution in [0.3, 0.4) is 0 Å². The summed E-state index contributed by atoms with van der Waals surface area (Å²) in [5, 5.41) is 3.02. The molecule has 0 aliphatic rings. The van der Waals surface area contributed by atoms with Crippen LogP contribution in [-0.2, 0) is 0 Å². The van der Waals surface area contributed by atoms with Crippen LogP contribution in [0.15, 0.2) is 22.7 Å². The summed E-state index contributed by atoms with van der Waals surface area (Å²) < 4.78 is 6.15. The van der Waals surface area contributed by atoms with Crippen molar-refractivity contribution in [3.8, 4) is 5.75 Å². The molecule has 112 valence electrons. The highest BCUT2D eigenvalue weighted by Crippen LogP contribution is 2.24. The van der Waals surface area contributed by atoms with Gasteiger partial charge in [0.15, 0.2) is 0 Å². The predicted octanol–water partition coefficient (Wildman–Crippen LogP) is 4.12. The minimum absolute atomic E-state index is 0.0827. The number of rotatable bonds is 6. The van der Waals surface area contributed by atoms with Crippen molar-refractivity contribution in [2.24, 2.45) is 17.8 Å². The number of benzene rings is 1. The van der Waals surface area contributed by atoms with Crippen LogP contribution in [0.4, 0.5) is 0 Å². The molecule has 1 aromatic rings. The zero-order valence-electron chi connectivity index (χ0n) is 12.9. The van der Waals surface area contributed by atoms with Gasteiger partial charge in [-0.3, -0.25) is 4.79 Å². The fourth-order valence-electron chi connectivity index (χ4n) is 2.40. The second-order valence-electron chi connectivity index (χ2n) is 5.71. The third kappa shape index (κ3) is 4.51. The van der Waals surface area contributed by atoms with Gasteiger partial charge in [-0.2, -0.15) is 0 Å². The number of methoxy groups -OCH3 is 1. The number of carbonyl (C=O) groups is 1. The van der Waals surface area contributed by atoms with Crippen molar-refractivity contribution in [1.29, 1.82) is 0 Å². The molecule has 0 spiro atoms. The summed E-state index contributed by atoms with van der Waals surface area (Å²) in [6.07, 6.45) is 0. The fraction of sp³-hybridized carbons (Fsp3) is 0.562. The van der Waals surface area contributed by atoms with Crippen LogP contribution in [0, 0.1) is 17.8 Å². The standard InChI is InChI=1S/C16H24BrNO2/c1-10(2)14(11(3)4)9-18-16(19)13-7-6-12(17)8-15(13)20-5/h6-8,10-11,14H,9H2,1-5H3,(H,18,19). The van der Waals surface area contributed by atoms with Crippen molar-refractivity contribution < 1.29 is 9.53 Å². The lowest BCUT2D eigenvalue weighted by atomic mass is 9.85. The van der Waals surface area contributed by atoms with Crippen LogP contribution in [0.5, 0.6) is 5.75 Å². The Labute approximate surface area is 130 Å². The Hall–Kier alpha value is -1.03. The molecule has 0 saturated heterocycles. The molecule has 1 rings (SSSR count). The molecule has 1 amide bonds. The third-order valence-electron chi connectivity index (χ3n) is 3.62. The summed E-state index contributed by atoms with van der Waals surface area (Å²) in [6, 6.07) is 5.43. The molecule has 0 heterocycles. The Balaban J connectivity index is 2.76. The molecular weight excluding hydrogens is 318 g/mol. The van der Waals surface area contributed by atoms with Crippen LogP contribution >= 0.6 is 15.9 Å². The molecule has 0 aromatic heterocycles. The van der Waals surface area contributed by atoms with Gasteiger partial charge < -0.3 is 10.1 Å². The van der Waals surface area contributed by atoms with E-state index < -0.39 is 0 Å². The lowest BCUT2D eigenvalue weighted by Gasteiger charge is -2.25. The van der Waals surface area contributed by atoms with E-state index in [0.717, 1.165) is 4.47 Å². The van der Waals surface area contributed by atoms with Crippen molar-refractivity contribution >= 4 is 21.8 Å². The van der Waals surface area contributed by atoms with Crippen molar-refractivity contribution in [2.45, 2.75) is 27.7 Å². The summed E-state index contributed by atoms with van der Waals surface area (Å²) in [4.78, 5) is 12.3. The van der Waals surface area contributed by atoms with Crippen molar-refractivity contribution in [3.63, 3.8) is 0 Å². The first-order chi connectivity index (χ1) is 9.36. The normalized spacial score (nSPS) is 11.2. The molecule has 1 aromatic carbocycles. The van der Waals surface area contributed by atoms with Crippen molar-refractivity contribution in [2.75, 3.05) is 13.7 Å². The van der Waals surface area contributed by atoms with E-state index in [2.05, 4.69) is 48.9 Å². The van der Waals surface area contributed by atoms with E-state index in [-0.39, 0.29) is 5.91 Å². The quantitative estimate of drug-likeness (QED) is 0.845. The average Bonchev–Trinajstić information content (AvgIpc) is 2.37. The summed E-state index contributed by atoms with van der Waals surface area (Å²) in [5.41, 5.74) is 0.571. The van der Waals surface area contributed by atoms with Crippen molar-refractivity contribution in [3.05, 3.63) is 28.2 Å². The molecular formula is C16H24BrNO2. The molecule has 0 unspecified atom stereocenters. The van der Waals surface area contributed by atoms with E-state index in [1.165, 1.54) is 0 Å². The lowest BCUT2D eigenvalue weighted by Crippen LogP contribution is -2.34. The zero-order valence-corrected chi connectivity index (χ0v) is 14.5. The van der Waals surface area contributed by atoms with Gasteiger partial charge in [-0.25, -0.2) is 0 Å². The molecule has 3 nitrogen and oxygen atoms in total. The highest BCUT2D eigenvalue weighted by atomic mass is 79.9. The van der Waals surface area contributed by atoms with Gasteiger partial charge in [0.1, 0.15) is 5.75 Å². The Morgan fingerprint density at radius 1 is 1.25 bits per heavy atom. The van der Waals surface area contributed by atoms with Gasteiger partial charge in [0.05, 0.1) is 12.7 Å². The Kier molecular flexibility index (Phi) is 6.53. The van der Waals surface area contributed by atoms with Crippen LogP contribution in [0.1, 0.15) is 38.1 Å². The topological polar surface area (TPSA) is 38.3 Å². The number of carbonyl (C=O) groups excluding carboxylic acids is 1. The van der Waals surface area contributed by atoms with Crippen LogP contribution in [-0.4, -0.2) is 19.6 Å². The van der Waals surface area contributed by atoms with E-state index in [1.54, 1.807) is 19.2 Å². The van der Waals surface area contributed by atoms with Gasteiger partial charge in [0.25, 0.3) is 5.91 Å². The van der Waals surface area contributed by atoms with E-state index in [4.69, 9.17) is 4.74 Å². The van der Waals surface area contributed by atoms with Gasteiger partial charge in [0.2, 0.25) is 0 Å². The molecule has 0 bridgehead atoms. The number of amides is 1. The second kappa shape index (κ2) is 7.67. The molecule has 0 fully saturated rings. The molecule has 20 heavy (non-hydrogen) atoms. The van der Waals surface area contributed by atoms with E-state index >= 15 is 0 Å². The highest BCUT2D eigenvalue weighted by Gasteiger charge is 2.19. The largest absolute Gasteiger partial charge is 0.496 e. The number of hydrogen-bond donors (Lipinski definition) is 1. The minimum atomic E-state index is -0.0827. The van der Waals surface area contributed by atoms with Crippen molar-refractivity contribution in [1.82, 2.24) is 5.32 Å². The molecule has 0 saturated carbocycles. The van der Waals surface area contributed by atoms with Gasteiger partial charge in [-0.15, -0.1) is 0 Å². The predicted molar refractivity (Wildman–Crippen MR) is 86.2 cm³/mol. The highest BCUT2D eigenvalue weighted by molar-refractivity contribution is 9.10. The molecule has 0 aliphatic heterocycles. The third-order valence-corrected chi connectivity index (χ3v) is 4.11. The maximum Gasteiger partial charge on any atom is 0.255 e. The Bertz CT molecular complexity index is 450. The molecule has 4 heteroatoms.